The van der Waals surface area contributed by atoms with Gasteiger partial charge in [-0.25, -0.2) is 4.98 Å². The highest BCUT2D eigenvalue weighted by atomic mass is 32.1. The molecule has 11 heteroatoms. The monoisotopic (exact) mass is 505 g/mol. The van der Waals surface area contributed by atoms with Gasteiger partial charge in [-0.2, -0.15) is 0 Å². The Kier molecular flexibility index (Phi) is 6.38. The maximum Gasteiger partial charge on any atom is 0.263 e. The van der Waals surface area contributed by atoms with Crippen LogP contribution in [0.1, 0.15) is 28.4 Å². The van der Waals surface area contributed by atoms with Crippen LogP contribution >= 0.6 is 11.3 Å². The number of anilines is 1. The van der Waals surface area contributed by atoms with Crippen LogP contribution in [-0.4, -0.2) is 51.6 Å². The number of carbonyl (C=O) groups is 2. The molecule has 2 aromatic heterocycles. The highest BCUT2D eigenvalue weighted by molar-refractivity contribution is 7.13. The molecule has 1 aliphatic rings. The summed E-state index contributed by atoms with van der Waals surface area (Å²) in [5.41, 5.74) is 1.88. The van der Waals surface area contributed by atoms with Crippen LogP contribution < -0.4 is 14.8 Å². The number of likely N-dealkylation sites (tertiary alicyclic amines) is 1. The van der Waals surface area contributed by atoms with E-state index in [-0.39, 0.29) is 11.8 Å². The lowest BCUT2D eigenvalue weighted by Gasteiger charge is -2.15. The first-order chi connectivity index (χ1) is 17.3. The predicted molar refractivity (Wildman–Crippen MR) is 132 cm³/mol. The molecule has 5 rings (SSSR count). The molecular formula is C25H23N5O5S. The van der Waals surface area contributed by atoms with Gasteiger partial charge in [-0.3, -0.25) is 14.9 Å². The minimum Gasteiger partial charge on any atom is -0.480 e. The molecule has 184 valence electrons. The lowest BCUT2D eigenvalue weighted by molar-refractivity contribution is -0.132. The lowest BCUT2D eigenvalue weighted by atomic mass is 10.1. The standard InChI is InChI=1S/C25H23N5O5S/c1-14-13-36-25(26-14)27-22(31)17-10-19(12-20(11-17)35-21-8-9-30(3)24(21)32)34-18-6-4-16(5-7-18)23-29-28-15(2)33-23/h4-7,10-13,21H,8-9H2,1-3H3,(H,26,27,31)/t21-/m1/s1. The summed E-state index contributed by atoms with van der Waals surface area (Å²) >= 11 is 1.34. The van der Waals surface area contributed by atoms with Crippen LogP contribution in [0, 0.1) is 13.8 Å². The van der Waals surface area contributed by atoms with Gasteiger partial charge in [0.1, 0.15) is 17.2 Å². The molecule has 3 heterocycles. The van der Waals surface area contributed by atoms with Gasteiger partial charge in [0, 0.05) is 49.5 Å². The maximum atomic E-state index is 13.0. The number of hydrogen-bond acceptors (Lipinski definition) is 9. The SMILES string of the molecule is Cc1csc(NC(=O)c2cc(Oc3ccc(-c4nnc(C)o4)cc3)cc(O[C@@H]3CCN(C)C3=O)c2)n1. The molecule has 1 N–H and O–H groups in total. The van der Waals surface area contributed by atoms with Crippen LogP contribution in [0.25, 0.3) is 11.5 Å². The van der Waals surface area contributed by atoms with Crippen molar-refractivity contribution in [3.63, 3.8) is 0 Å². The fourth-order valence-electron chi connectivity index (χ4n) is 3.69. The summed E-state index contributed by atoms with van der Waals surface area (Å²) in [6.45, 7) is 4.19. The molecular weight excluding hydrogens is 482 g/mol. The van der Waals surface area contributed by atoms with Gasteiger partial charge in [-0.05, 0) is 43.3 Å². The molecule has 0 bridgehead atoms. The number of nitrogens with one attached hydrogen (secondary N) is 1. The van der Waals surface area contributed by atoms with Crippen molar-refractivity contribution in [2.24, 2.45) is 0 Å². The highest BCUT2D eigenvalue weighted by Gasteiger charge is 2.31. The third-order valence-corrected chi connectivity index (χ3v) is 6.38. The number of thiazole rings is 1. The number of ether oxygens (including phenoxy) is 2. The molecule has 0 aliphatic carbocycles. The number of hydrogen-bond donors (Lipinski definition) is 1. The minimum atomic E-state index is -0.611. The molecule has 2 aromatic carbocycles. The largest absolute Gasteiger partial charge is 0.480 e. The van der Waals surface area contributed by atoms with Gasteiger partial charge >= 0.3 is 0 Å². The van der Waals surface area contributed by atoms with Crippen molar-refractivity contribution in [2.45, 2.75) is 26.4 Å². The average Bonchev–Trinajstić information content (AvgIpc) is 3.56. The van der Waals surface area contributed by atoms with Crippen molar-refractivity contribution in [2.75, 3.05) is 18.9 Å². The van der Waals surface area contributed by atoms with E-state index < -0.39 is 6.10 Å². The fourth-order valence-corrected chi connectivity index (χ4v) is 4.37. The molecule has 2 amide bonds. The number of carbonyl (C=O) groups excluding carboxylic acids is 2. The van der Waals surface area contributed by atoms with E-state index in [9.17, 15) is 9.59 Å². The summed E-state index contributed by atoms with van der Waals surface area (Å²) < 4.78 is 17.5. The molecule has 1 aliphatic heterocycles. The van der Waals surface area contributed by atoms with E-state index in [4.69, 9.17) is 13.9 Å². The Labute approximate surface area is 210 Å². The summed E-state index contributed by atoms with van der Waals surface area (Å²) in [6.07, 6.45) is -0.0448. The van der Waals surface area contributed by atoms with Gasteiger partial charge in [0.15, 0.2) is 11.2 Å². The van der Waals surface area contributed by atoms with E-state index in [1.165, 1.54) is 11.3 Å². The molecule has 0 unspecified atom stereocenters. The summed E-state index contributed by atoms with van der Waals surface area (Å²) in [5, 5.41) is 13.0. The molecule has 0 spiro atoms. The first-order valence-corrected chi connectivity index (χ1v) is 12.1. The zero-order chi connectivity index (χ0) is 25.2. The second kappa shape index (κ2) is 9.78. The highest BCUT2D eigenvalue weighted by Crippen LogP contribution is 2.31. The van der Waals surface area contributed by atoms with E-state index in [1.54, 1.807) is 61.3 Å². The van der Waals surface area contributed by atoms with E-state index in [1.807, 2.05) is 12.3 Å². The number of benzene rings is 2. The van der Waals surface area contributed by atoms with E-state index in [0.717, 1.165) is 11.3 Å². The average molecular weight is 506 g/mol. The zero-order valence-electron chi connectivity index (χ0n) is 19.8. The minimum absolute atomic E-state index is 0.0996. The summed E-state index contributed by atoms with van der Waals surface area (Å²) in [4.78, 5) is 31.3. The maximum absolute atomic E-state index is 13.0. The van der Waals surface area contributed by atoms with Crippen molar-refractivity contribution >= 4 is 28.3 Å². The van der Waals surface area contributed by atoms with E-state index in [0.29, 0.717) is 52.7 Å². The molecule has 0 radical (unpaired) electrons. The smallest absolute Gasteiger partial charge is 0.263 e. The second-order valence-corrected chi connectivity index (χ2v) is 9.21. The van der Waals surface area contributed by atoms with Gasteiger partial charge in [-0.1, -0.05) is 0 Å². The number of amides is 2. The molecule has 36 heavy (non-hydrogen) atoms. The van der Waals surface area contributed by atoms with Crippen LogP contribution in [0.2, 0.25) is 0 Å². The third kappa shape index (κ3) is 5.20. The molecule has 10 nitrogen and oxygen atoms in total. The van der Waals surface area contributed by atoms with Crippen molar-refractivity contribution in [3.8, 4) is 28.7 Å². The lowest BCUT2D eigenvalue weighted by Crippen LogP contribution is -2.29. The number of aromatic nitrogens is 3. The second-order valence-electron chi connectivity index (χ2n) is 8.35. The molecule has 0 saturated carbocycles. The van der Waals surface area contributed by atoms with E-state index in [2.05, 4.69) is 20.5 Å². The van der Waals surface area contributed by atoms with Crippen LogP contribution in [0.15, 0.2) is 52.3 Å². The van der Waals surface area contributed by atoms with Crippen LogP contribution in [0.3, 0.4) is 0 Å². The number of nitrogens with zero attached hydrogens (tertiary/aromatic N) is 4. The number of likely N-dealkylation sites (N-methyl/N-ethyl adjacent to an activating group) is 1. The van der Waals surface area contributed by atoms with Gasteiger partial charge in [-0.15, -0.1) is 21.5 Å². The predicted octanol–water partition coefficient (Wildman–Crippen LogP) is 4.46. The Balaban J connectivity index is 1.40. The number of aryl methyl sites for hydroxylation is 2. The Morgan fingerprint density at radius 3 is 2.53 bits per heavy atom. The van der Waals surface area contributed by atoms with Crippen molar-refractivity contribution < 1.29 is 23.5 Å². The quantitative estimate of drug-likeness (QED) is 0.391. The normalized spacial score (nSPS) is 15.2. The van der Waals surface area contributed by atoms with Crippen molar-refractivity contribution in [3.05, 3.63) is 65.0 Å². The van der Waals surface area contributed by atoms with E-state index >= 15 is 0 Å². The van der Waals surface area contributed by atoms with Gasteiger partial charge in [0.05, 0.1) is 5.69 Å². The topological polar surface area (TPSA) is 120 Å². The Hall–Kier alpha value is -4.25. The summed E-state index contributed by atoms with van der Waals surface area (Å²) in [7, 11) is 1.74. The molecule has 1 saturated heterocycles. The first kappa shape index (κ1) is 23.5. The van der Waals surface area contributed by atoms with Gasteiger partial charge in [0.25, 0.3) is 11.8 Å². The zero-order valence-corrected chi connectivity index (χ0v) is 20.7. The number of rotatable bonds is 7. The third-order valence-electron chi connectivity index (χ3n) is 5.50. The van der Waals surface area contributed by atoms with Crippen molar-refractivity contribution in [1.29, 1.82) is 0 Å². The van der Waals surface area contributed by atoms with Crippen LogP contribution in [0.5, 0.6) is 17.2 Å². The van der Waals surface area contributed by atoms with Crippen LogP contribution in [0.4, 0.5) is 5.13 Å². The Morgan fingerprint density at radius 1 is 1.11 bits per heavy atom. The fraction of sp³-hybridized carbons (Fsp3) is 0.240. The Bertz CT molecular complexity index is 1410. The summed E-state index contributed by atoms with van der Waals surface area (Å²) in [5.74, 6) is 1.71. The van der Waals surface area contributed by atoms with Crippen LogP contribution in [-0.2, 0) is 4.79 Å². The van der Waals surface area contributed by atoms with Gasteiger partial charge in [0.2, 0.25) is 11.8 Å². The molecule has 4 aromatic rings. The summed E-state index contributed by atoms with van der Waals surface area (Å²) in [6, 6.07) is 12.0. The first-order valence-electron chi connectivity index (χ1n) is 11.2. The van der Waals surface area contributed by atoms with Gasteiger partial charge < -0.3 is 18.8 Å². The molecule has 1 fully saturated rings. The molecule has 1 atom stereocenters. The Morgan fingerprint density at radius 2 is 1.89 bits per heavy atom. The van der Waals surface area contributed by atoms with Crippen molar-refractivity contribution in [1.82, 2.24) is 20.1 Å².